The lowest BCUT2D eigenvalue weighted by molar-refractivity contribution is -0.137. The van der Waals surface area contributed by atoms with Gasteiger partial charge in [0.15, 0.2) is 0 Å². The molecular weight excluding hydrogens is 249 g/mol. The Morgan fingerprint density at radius 3 is 2.11 bits per heavy atom. The van der Waals surface area contributed by atoms with Crippen LogP contribution in [-0.2, 0) is 12.6 Å². The molecule has 0 saturated carbocycles. The molecule has 0 aliphatic heterocycles. The maximum atomic E-state index is 12.8. The average molecular weight is 264 g/mol. The lowest BCUT2D eigenvalue weighted by atomic mass is 9.95. The van der Waals surface area contributed by atoms with Crippen molar-refractivity contribution in [3.63, 3.8) is 0 Å². The summed E-state index contributed by atoms with van der Waals surface area (Å²) in [6, 6.07) is 11.5. The minimum atomic E-state index is -4.30. The molecule has 0 nitrogen and oxygen atoms in total. The van der Waals surface area contributed by atoms with Gasteiger partial charge >= 0.3 is 6.18 Å². The second kappa shape index (κ2) is 5.08. The molecule has 2 rings (SSSR count). The fourth-order valence-electron chi connectivity index (χ4n) is 2.06. The van der Waals surface area contributed by atoms with E-state index in [4.69, 9.17) is 0 Å². The van der Waals surface area contributed by atoms with Gasteiger partial charge in [0.1, 0.15) is 0 Å². The van der Waals surface area contributed by atoms with Crippen molar-refractivity contribution in [3.05, 3.63) is 59.2 Å². The Bertz CT molecular complexity index is 566. The molecule has 0 N–H and O–H groups in total. The standard InChI is InChI=1S/C16H15F3/c1-3-12-8-9-14(16(17,18)19)10-15(12)13-6-4-11(2)5-7-13/h4-10H,3H2,1-2H3. The highest BCUT2D eigenvalue weighted by molar-refractivity contribution is 5.68. The number of benzene rings is 2. The summed E-state index contributed by atoms with van der Waals surface area (Å²) in [7, 11) is 0. The Morgan fingerprint density at radius 2 is 1.58 bits per heavy atom. The molecule has 0 fully saturated rings. The zero-order valence-corrected chi connectivity index (χ0v) is 10.9. The smallest absolute Gasteiger partial charge is 0.166 e. The molecule has 0 amide bonds. The molecule has 0 aliphatic carbocycles. The highest BCUT2D eigenvalue weighted by atomic mass is 19.4. The van der Waals surface area contributed by atoms with Crippen LogP contribution in [0.25, 0.3) is 11.1 Å². The average Bonchev–Trinajstić information content (AvgIpc) is 2.38. The van der Waals surface area contributed by atoms with Crippen molar-refractivity contribution in [2.75, 3.05) is 0 Å². The first kappa shape index (κ1) is 13.7. The van der Waals surface area contributed by atoms with Crippen LogP contribution in [0, 0.1) is 6.92 Å². The van der Waals surface area contributed by atoms with Gasteiger partial charge in [-0.3, -0.25) is 0 Å². The summed E-state index contributed by atoms with van der Waals surface area (Å²) in [4.78, 5) is 0. The van der Waals surface area contributed by atoms with E-state index in [0.717, 1.165) is 22.8 Å². The van der Waals surface area contributed by atoms with E-state index in [9.17, 15) is 13.2 Å². The Balaban J connectivity index is 2.56. The van der Waals surface area contributed by atoms with E-state index in [-0.39, 0.29) is 0 Å². The quantitative estimate of drug-likeness (QED) is 0.695. The molecule has 2 aromatic carbocycles. The van der Waals surface area contributed by atoms with Gasteiger partial charge in [-0.2, -0.15) is 13.2 Å². The van der Waals surface area contributed by atoms with Gasteiger partial charge in [0.25, 0.3) is 0 Å². The number of aryl methyl sites for hydroxylation is 2. The maximum absolute atomic E-state index is 12.8. The molecule has 3 heteroatoms. The summed E-state index contributed by atoms with van der Waals surface area (Å²) in [5, 5.41) is 0. The summed E-state index contributed by atoms with van der Waals surface area (Å²) in [6.45, 7) is 3.90. The predicted molar refractivity (Wildman–Crippen MR) is 71.0 cm³/mol. The van der Waals surface area contributed by atoms with Crippen LogP contribution in [0.3, 0.4) is 0 Å². The van der Waals surface area contributed by atoms with Crippen molar-refractivity contribution in [1.29, 1.82) is 0 Å². The minimum Gasteiger partial charge on any atom is -0.166 e. The zero-order valence-electron chi connectivity index (χ0n) is 10.9. The molecule has 0 bridgehead atoms. The normalized spacial score (nSPS) is 11.6. The molecular formula is C16H15F3. The Labute approximate surface area is 110 Å². The van der Waals surface area contributed by atoms with Gasteiger partial charge in [0.05, 0.1) is 5.56 Å². The summed E-state index contributed by atoms with van der Waals surface area (Å²) >= 11 is 0. The van der Waals surface area contributed by atoms with Gasteiger partial charge in [-0.05, 0) is 42.2 Å². The van der Waals surface area contributed by atoms with Crippen LogP contribution in [0.1, 0.15) is 23.6 Å². The van der Waals surface area contributed by atoms with Crippen LogP contribution >= 0.6 is 0 Å². The van der Waals surface area contributed by atoms with Crippen LogP contribution in [0.15, 0.2) is 42.5 Å². The summed E-state index contributed by atoms with van der Waals surface area (Å²) in [5.74, 6) is 0. The third-order valence-corrected chi connectivity index (χ3v) is 3.18. The molecule has 0 saturated heterocycles. The Kier molecular flexibility index (Phi) is 3.65. The number of halogens is 3. The Hall–Kier alpha value is -1.77. The minimum absolute atomic E-state index is 0.597. The van der Waals surface area contributed by atoms with E-state index in [2.05, 4.69) is 0 Å². The first-order valence-corrected chi connectivity index (χ1v) is 6.19. The van der Waals surface area contributed by atoms with Gasteiger partial charge in [-0.25, -0.2) is 0 Å². The molecule has 0 spiro atoms. The molecule has 0 unspecified atom stereocenters. The topological polar surface area (TPSA) is 0 Å². The zero-order chi connectivity index (χ0) is 14.0. The van der Waals surface area contributed by atoms with Crippen LogP contribution in [0.4, 0.5) is 13.2 Å². The molecule has 0 aromatic heterocycles. The van der Waals surface area contributed by atoms with Crippen molar-refractivity contribution in [2.45, 2.75) is 26.4 Å². The largest absolute Gasteiger partial charge is 0.416 e. The molecule has 0 heterocycles. The van der Waals surface area contributed by atoms with E-state index >= 15 is 0 Å². The molecule has 0 radical (unpaired) electrons. The third kappa shape index (κ3) is 2.98. The number of hydrogen-bond donors (Lipinski definition) is 0. The van der Waals surface area contributed by atoms with Crippen LogP contribution in [-0.4, -0.2) is 0 Å². The maximum Gasteiger partial charge on any atom is 0.416 e. The van der Waals surface area contributed by atoms with E-state index in [0.29, 0.717) is 12.0 Å². The van der Waals surface area contributed by atoms with Gasteiger partial charge in [0, 0.05) is 0 Å². The monoisotopic (exact) mass is 264 g/mol. The second-order valence-electron chi connectivity index (χ2n) is 4.59. The van der Waals surface area contributed by atoms with E-state index in [1.54, 1.807) is 6.07 Å². The van der Waals surface area contributed by atoms with Crippen molar-refractivity contribution >= 4 is 0 Å². The van der Waals surface area contributed by atoms with Gasteiger partial charge in [0.2, 0.25) is 0 Å². The van der Waals surface area contributed by atoms with Crippen molar-refractivity contribution in [1.82, 2.24) is 0 Å². The van der Waals surface area contributed by atoms with Crippen LogP contribution in [0.5, 0.6) is 0 Å². The summed E-state index contributed by atoms with van der Waals surface area (Å²) < 4.78 is 38.4. The summed E-state index contributed by atoms with van der Waals surface area (Å²) in [5.41, 5.74) is 2.91. The van der Waals surface area contributed by atoms with Gasteiger partial charge < -0.3 is 0 Å². The predicted octanol–water partition coefficient (Wildman–Crippen LogP) is 5.24. The number of alkyl halides is 3. The molecule has 2 aromatic rings. The van der Waals surface area contributed by atoms with Crippen molar-refractivity contribution in [3.8, 4) is 11.1 Å². The first-order valence-electron chi connectivity index (χ1n) is 6.19. The van der Waals surface area contributed by atoms with Gasteiger partial charge in [-0.1, -0.05) is 42.8 Å². The summed E-state index contributed by atoms with van der Waals surface area (Å²) in [6.07, 6.45) is -3.59. The van der Waals surface area contributed by atoms with Crippen molar-refractivity contribution < 1.29 is 13.2 Å². The van der Waals surface area contributed by atoms with Crippen LogP contribution < -0.4 is 0 Å². The van der Waals surface area contributed by atoms with Crippen LogP contribution in [0.2, 0.25) is 0 Å². The molecule has 100 valence electrons. The third-order valence-electron chi connectivity index (χ3n) is 3.18. The molecule has 0 aliphatic rings. The highest BCUT2D eigenvalue weighted by Gasteiger charge is 2.30. The lowest BCUT2D eigenvalue weighted by Crippen LogP contribution is -2.05. The highest BCUT2D eigenvalue weighted by Crippen LogP contribution is 2.34. The number of rotatable bonds is 2. The van der Waals surface area contributed by atoms with E-state index < -0.39 is 11.7 Å². The molecule has 0 atom stereocenters. The molecule has 19 heavy (non-hydrogen) atoms. The SMILES string of the molecule is CCc1ccc(C(F)(F)F)cc1-c1ccc(C)cc1. The Morgan fingerprint density at radius 1 is 0.947 bits per heavy atom. The number of hydrogen-bond acceptors (Lipinski definition) is 0. The van der Waals surface area contributed by atoms with Gasteiger partial charge in [-0.15, -0.1) is 0 Å². The first-order chi connectivity index (χ1) is 8.91. The second-order valence-corrected chi connectivity index (χ2v) is 4.59. The fraction of sp³-hybridized carbons (Fsp3) is 0.250. The van der Waals surface area contributed by atoms with E-state index in [1.165, 1.54) is 6.07 Å². The lowest BCUT2D eigenvalue weighted by Gasteiger charge is -2.13. The fourth-order valence-corrected chi connectivity index (χ4v) is 2.06. The van der Waals surface area contributed by atoms with Crippen molar-refractivity contribution in [2.24, 2.45) is 0 Å². The van der Waals surface area contributed by atoms with E-state index in [1.807, 2.05) is 38.1 Å².